The van der Waals surface area contributed by atoms with Crippen molar-refractivity contribution >= 4 is 11.8 Å². The molecule has 0 aromatic carbocycles. The summed E-state index contributed by atoms with van der Waals surface area (Å²) in [4.78, 5) is 0. The molecule has 1 saturated carbocycles. The van der Waals surface area contributed by atoms with E-state index >= 15 is 0 Å². The standard InChI is InChI=1S/C11H23NS/c1-3-13-9-10(2)12-8-11-6-4-5-7-11/h10-12H,3-9H2,1-2H3. The van der Waals surface area contributed by atoms with E-state index in [4.69, 9.17) is 0 Å². The van der Waals surface area contributed by atoms with Crippen LogP contribution in [-0.2, 0) is 0 Å². The van der Waals surface area contributed by atoms with Gasteiger partial charge in [-0.05, 0) is 38.0 Å². The van der Waals surface area contributed by atoms with Crippen LogP contribution in [0.4, 0.5) is 0 Å². The smallest absolute Gasteiger partial charge is 0.0130 e. The van der Waals surface area contributed by atoms with Crippen LogP contribution in [-0.4, -0.2) is 24.1 Å². The lowest BCUT2D eigenvalue weighted by molar-refractivity contribution is 0.462. The highest BCUT2D eigenvalue weighted by Gasteiger charge is 2.15. The molecule has 0 heterocycles. The van der Waals surface area contributed by atoms with Crippen molar-refractivity contribution in [1.29, 1.82) is 0 Å². The molecule has 0 bridgehead atoms. The van der Waals surface area contributed by atoms with Crippen LogP contribution in [0, 0.1) is 5.92 Å². The van der Waals surface area contributed by atoms with Gasteiger partial charge in [-0.15, -0.1) is 0 Å². The summed E-state index contributed by atoms with van der Waals surface area (Å²) >= 11 is 2.04. The average Bonchev–Trinajstić information content (AvgIpc) is 2.64. The van der Waals surface area contributed by atoms with Gasteiger partial charge in [0.05, 0.1) is 0 Å². The van der Waals surface area contributed by atoms with E-state index in [0.29, 0.717) is 6.04 Å². The van der Waals surface area contributed by atoms with Gasteiger partial charge >= 0.3 is 0 Å². The highest BCUT2D eigenvalue weighted by Crippen LogP contribution is 2.23. The first-order valence-corrected chi connectivity index (χ1v) is 6.79. The van der Waals surface area contributed by atoms with Crippen molar-refractivity contribution in [2.24, 2.45) is 5.92 Å². The van der Waals surface area contributed by atoms with Crippen LogP contribution < -0.4 is 5.32 Å². The minimum absolute atomic E-state index is 0.700. The van der Waals surface area contributed by atoms with Gasteiger partial charge in [0, 0.05) is 11.8 Å². The Bertz CT molecular complexity index is 121. The molecule has 0 amide bonds. The van der Waals surface area contributed by atoms with E-state index in [-0.39, 0.29) is 0 Å². The first-order chi connectivity index (χ1) is 6.33. The minimum atomic E-state index is 0.700. The zero-order chi connectivity index (χ0) is 9.52. The summed E-state index contributed by atoms with van der Waals surface area (Å²) < 4.78 is 0. The topological polar surface area (TPSA) is 12.0 Å². The van der Waals surface area contributed by atoms with Crippen molar-refractivity contribution in [3.05, 3.63) is 0 Å². The Kier molecular flexibility index (Phi) is 5.88. The molecule has 1 nitrogen and oxygen atoms in total. The van der Waals surface area contributed by atoms with Crippen LogP contribution in [0.25, 0.3) is 0 Å². The third-order valence-electron chi connectivity index (χ3n) is 2.80. The fraction of sp³-hybridized carbons (Fsp3) is 1.00. The van der Waals surface area contributed by atoms with E-state index in [1.54, 1.807) is 0 Å². The molecule has 0 aromatic heterocycles. The van der Waals surface area contributed by atoms with Gasteiger partial charge in [0.25, 0.3) is 0 Å². The van der Waals surface area contributed by atoms with Crippen LogP contribution in [0.1, 0.15) is 39.5 Å². The second kappa shape index (κ2) is 6.72. The molecule has 0 spiro atoms. The number of rotatable bonds is 6. The normalized spacial score (nSPS) is 20.8. The molecule has 0 saturated heterocycles. The lowest BCUT2D eigenvalue weighted by Crippen LogP contribution is -2.32. The van der Waals surface area contributed by atoms with Crippen molar-refractivity contribution in [2.45, 2.75) is 45.6 Å². The summed E-state index contributed by atoms with van der Waals surface area (Å²) in [5, 5.41) is 3.64. The summed E-state index contributed by atoms with van der Waals surface area (Å²) in [6, 6.07) is 0.700. The number of hydrogen-bond donors (Lipinski definition) is 1. The van der Waals surface area contributed by atoms with Gasteiger partial charge in [-0.1, -0.05) is 19.8 Å². The second-order valence-electron chi connectivity index (χ2n) is 4.12. The molecule has 13 heavy (non-hydrogen) atoms. The first-order valence-electron chi connectivity index (χ1n) is 5.64. The van der Waals surface area contributed by atoms with Gasteiger partial charge < -0.3 is 5.32 Å². The third kappa shape index (κ3) is 4.92. The fourth-order valence-electron chi connectivity index (χ4n) is 1.94. The Hall–Kier alpha value is 0.310. The maximum atomic E-state index is 3.64. The number of thioether (sulfide) groups is 1. The van der Waals surface area contributed by atoms with E-state index in [1.807, 2.05) is 11.8 Å². The van der Waals surface area contributed by atoms with Crippen LogP contribution in [0.15, 0.2) is 0 Å². The zero-order valence-corrected chi connectivity index (χ0v) is 9.83. The molecule has 0 aromatic rings. The molecular formula is C11H23NS. The van der Waals surface area contributed by atoms with Gasteiger partial charge in [-0.3, -0.25) is 0 Å². The third-order valence-corrected chi connectivity index (χ3v) is 3.95. The zero-order valence-electron chi connectivity index (χ0n) is 9.01. The molecular weight excluding hydrogens is 178 g/mol. The molecule has 1 aliphatic rings. The van der Waals surface area contributed by atoms with E-state index < -0.39 is 0 Å². The van der Waals surface area contributed by atoms with Crippen LogP contribution in [0.3, 0.4) is 0 Å². The molecule has 1 unspecified atom stereocenters. The lowest BCUT2D eigenvalue weighted by atomic mass is 10.1. The summed E-state index contributed by atoms with van der Waals surface area (Å²) in [6.45, 7) is 5.79. The van der Waals surface area contributed by atoms with E-state index in [0.717, 1.165) is 5.92 Å². The Morgan fingerprint density at radius 3 is 2.69 bits per heavy atom. The van der Waals surface area contributed by atoms with Crippen LogP contribution in [0.2, 0.25) is 0 Å². The van der Waals surface area contributed by atoms with Gasteiger partial charge in [-0.25, -0.2) is 0 Å². The molecule has 0 aliphatic heterocycles. The molecule has 1 atom stereocenters. The summed E-state index contributed by atoms with van der Waals surface area (Å²) in [7, 11) is 0. The van der Waals surface area contributed by atoms with Crippen molar-refractivity contribution in [2.75, 3.05) is 18.1 Å². The highest BCUT2D eigenvalue weighted by atomic mass is 32.2. The van der Waals surface area contributed by atoms with E-state index in [9.17, 15) is 0 Å². The quantitative estimate of drug-likeness (QED) is 0.709. The molecule has 2 heteroatoms. The monoisotopic (exact) mass is 201 g/mol. The van der Waals surface area contributed by atoms with E-state index in [2.05, 4.69) is 19.2 Å². The second-order valence-corrected chi connectivity index (χ2v) is 5.44. The Balaban J connectivity index is 1.97. The van der Waals surface area contributed by atoms with E-state index in [1.165, 1.54) is 43.7 Å². The van der Waals surface area contributed by atoms with Gasteiger partial charge in [0.2, 0.25) is 0 Å². The molecule has 78 valence electrons. The lowest BCUT2D eigenvalue weighted by Gasteiger charge is -2.16. The predicted octanol–water partition coefficient (Wildman–Crippen LogP) is 2.91. The number of hydrogen-bond acceptors (Lipinski definition) is 2. The molecule has 1 rings (SSSR count). The SMILES string of the molecule is CCSCC(C)NCC1CCCC1. The maximum Gasteiger partial charge on any atom is 0.0130 e. The van der Waals surface area contributed by atoms with Crippen molar-refractivity contribution in [3.63, 3.8) is 0 Å². The van der Waals surface area contributed by atoms with Crippen molar-refractivity contribution in [1.82, 2.24) is 5.32 Å². The molecule has 1 aliphatic carbocycles. The fourth-order valence-corrected chi connectivity index (χ4v) is 2.64. The van der Waals surface area contributed by atoms with Crippen LogP contribution >= 0.6 is 11.8 Å². The maximum absolute atomic E-state index is 3.64. The Morgan fingerprint density at radius 1 is 1.38 bits per heavy atom. The highest BCUT2D eigenvalue weighted by molar-refractivity contribution is 7.99. The largest absolute Gasteiger partial charge is 0.313 e. The summed E-state index contributed by atoms with van der Waals surface area (Å²) in [5.41, 5.74) is 0. The van der Waals surface area contributed by atoms with Gasteiger partial charge in [0.1, 0.15) is 0 Å². The van der Waals surface area contributed by atoms with Gasteiger partial charge in [0.15, 0.2) is 0 Å². The minimum Gasteiger partial charge on any atom is -0.313 e. The van der Waals surface area contributed by atoms with Crippen LogP contribution in [0.5, 0.6) is 0 Å². The Labute approximate surface area is 87.1 Å². The first kappa shape index (κ1) is 11.4. The van der Waals surface area contributed by atoms with Crippen molar-refractivity contribution < 1.29 is 0 Å². The Morgan fingerprint density at radius 2 is 2.08 bits per heavy atom. The molecule has 1 fully saturated rings. The summed E-state index contributed by atoms with van der Waals surface area (Å²) in [5.74, 6) is 3.49. The molecule has 1 N–H and O–H groups in total. The molecule has 0 radical (unpaired) electrons. The number of nitrogens with one attached hydrogen (secondary N) is 1. The summed E-state index contributed by atoms with van der Waals surface area (Å²) in [6.07, 6.45) is 5.84. The van der Waals surface area contributed by atoms with Crippen molar-refractivity contribution in [3.8, 4) is 0 Å². The van der Waals surface area contributed by atoms with Gasteiger partial charge in [-0.2, -0.15) is 11.8 Å². The predicted molar refractivity (Wildman–Crippen MR) is 62.4 cm³/mol. The average molecular weight is 201 g/mol.